The summed E-state index contributed by atoms with van der Waals surface area (Å²) < 4.78 is 0. The molecule has 116 valence electrons. The van der Waals surface area contributed by atoms with E-state index >= 15 is 0 Å². The lowest BCUT2D eigenvalue weighted by Crippen LogP contribution is -2.32. The highest BCUT2D eigenvalue weighted by atomic mass is 32.1. The molecule has 5 nitrogen and oxygen atoms in total. The molecule has 0 bridgehead atoms. The molecular weight excluding hydrogens is 284 g/mol. The molecule has 0 aromatic carbocycles. The number of carbonyl (C=O) groups excluding carboxylic acids is 1. The second kappa shape index (κ2) is 5.48. The van der Waals surface area contributed by atoms with Crippen molar-refractivity contribution >= 4 is 28.2 Å². The van der Waals surface area contributed by atoms with Crippen LogP contribution in [-0.4, -0.2) is 34.9 Å². The SMILES string of the molecule is CC1(C)CCCN(C(=O)c2sc(NC3CC3)nc2N)CC1. The van der Waals surface area contributed by atoms with Crippen LogP contribution < -0.4 is 11.1 Å². The zero-order valence-corrected chi connectivity index (χ0v) is 13.6. The number of amides is 1. The molecule has 3 N–H and O–H groups in total. The summed E-state index contributed by atoms with van der Waals surface area (Å²) in [5.41, 5.74) is 6.28. The quantitative estimate of drug-likeness (QED) is 0.900. The largest absolute Gasteiger partial charge is 0.382 e. The number of nitrogens with two attached hydrogens (primary N) is 1. The lowest BCUT2D eigenvalue weighted by Gasteiger charge is -2.23. The van der Waals surface area contributed by atoms with E-state index in [1.165, 1.54) is 30.6 Å². The minimum Gasteiger partial charge on any atom is -0.382 e. The number of rotatable bonds is 3. The smallest absolute Gasteiger partial charge is 0.267 e. The van der Waals surface area contributed by atoms with Crippen LogP contribution in [0.2, 0.25) is 0 Å². The summed E-state index contributed by atoms with van der Waals surface area (Å²) in [6.07, 6.45) is 5.65. The van der Waals surface area contributed by atoms with Crippen molar-refractivity contribution in [2.45, 2.75) is 52.0 Å². The second-order valence-corrected chi connectivity index (χ2v) is 7.96. The summed E-state index contributed by atoms with van der Waals surface area (Å²) in [4.78, 5) is 19.5. The Bertz CT molecular complexity index is 536. The maximum absolute atomic E-state index is 12.7. The van der Waals surface area contributed by atoms with Crippen molar-refractivity contribution in [2.24, 2.45) is 5.41 Å². The van der Waals surface area contributed by atoms with E-state index in [1.807, 2.05) is 4.90 Å². The first-order valence-corrected chi connectivity index (χ1v) is 8.58. The van der Waals surface area contributed by atoms with Crippen molar-refractivity contribution in [3.63, 3.8) is 0 Å². The summed E-state index contributed by atoms with van der Waals surface area (Å²) in [5, 5.41) is 4.10. The molecule has 2 fully saturated rings. The first kappa shape index (κ1) is 14.6. The van der Waals surface area contributed by atoms with Crippen LogP contribution in [0.3, 0.4) is 0 Å². The Morgan fingerprint density at radius 2 is 2.14 bits per heavy atom. The van der Waals surface area contributed by atoms with Gasteiger partial charge in [-0.1, -0.05) is 25.2 Å². The number of nitrogen functional groups attached to an aromatic ring is 1. The van der Waals surface area contributed by atoms with Crippen LogP contribution in [0.4, 0.5) is 10.9 Å². The van der Waals surface area contributed by atoms with Gasteiger partial charge in [-0.25, -0.2) is 4.98 Å². The summed E-state index contributed by atoms with van der Waals surface area (Å²) in [7, 11) is 0. The highest BCUT2D eigenvalue weighted by Crippen LogP contribution is 2.33. The van der Waals surface area contributed by atoms with Crippen LogP contribution in [0.25, 0.3) is 0 Å². The van der Waals surface area contributed by atoms with E-state index in [4.69, 9.17) is 5.73 Å². The lowest BCUT2D eigenvalue weighted by atomic mass is 9.85. The normalized spacial score (nSPS) is 21.9. The minimum atomic E-state index is 0.0477. The third-order valence-corrected chi connectivity index (χ3v) is 5.37. The number of hydrogen-bond acceptors (Lipinski definition) is 5. The summed E-state index contributed by atoms with van der Waals surface area (Å²) >= 11 is 1.40. The molecule has 1 aliphatic carbocycles. The fraction of sp³-hybridized carbons (Fsp3) is 0.733. The average Bonchev–Trinajstić information content (AvgIpc) is 3.16. The Hall–Kier alpha value is -1.30. The van der Waals surface area contributed by atoms with Gasteiger partial charge in [0.2, 0.25) is 0 Å². The van der Waals surface area contributed by atoms with Crippen molar-refractivity contribution in [1.82, 2.24) is 9.88 Å². The Morgan fingerprint density at radius 1 is 1.38 bits per heavy atom. The Morgan fingerprint density at radius 3 is 2.86 bits per heavy atom. The van der Waals surface area contributed by atoms with Gasteiger partial charge in [-0.3, -0.25) is 4.79 Å². The number of likely N-dealkylation sites (tertiary alicyclic amines) is 1. The van der Waals surface area contributed by atoms with Gasteiger partial charge in [-0.2, -0.15) is 0 Å². The molecule has 1 aliphatic heterocycles. The van der Waals surface area contributed by atoms with E-state index in [0.717, 1.165) is 31.1 Å². The van der Waals surface area contributed by atoms with Crippen molar-refractivity contribution in [1.29, 1.82) is 0 Å². The topological polar surface area (TPSA) is 71.2 Å². The van der Waals surface area contributed by atoms with E-state index in [-0.39, 0.29) is 5.91 Å². The van der Waals surface area contributed by atoms with Gasteiger partial charge in [0.15, 0.2) is 5.13 Å². The molecule has 1 saturated heterocycles. The monoisotopic (exact) mass is 308 g/mol. The van der Waals surface area contributed by atoms with Crippen LogP contribution in [-0.2, 0) is 0 Å². The molecule has 0 atom stereocenters. The molecular formula is C15H24N4OS. The molecule has 1 aromatic rings. The van der Waals surface area contributed by atoms with E-state index in [2.05, 4.69) is 24.1 Å². The predicted molar refractivity (Wildman–Crippen MR) is 86.7 cm³/mol. The number of nitrogens with zero attached hydrogens (tertiary/aromatic N) is 2. The van der Waals surface area contributed by atoms with Crippen molar-refractivity contribution in [2.75, 3.05) is 24.1 Å². The number of hydrogen-bond donors (Lipinski definition) is 2. The summed E-state index contributed by atoms with van der Waals surface area (Å²) in [6, 6.07) is 0.525. The number of thiazole rings is 1. The second-order valence-electron chi connectivity index (χ2n) is 6.96. The van der Waals surface area contributed by atoms with E-state index < -0.39 is 0 Å². The average molecular weight is 308 g/mol. The number of nitrogens with one attached hydrogen (secondary N) is 1. The first-order chi connectivity index (χ1) is 9.94. The molecule has 2 heterocycles. The fourth-order valence-electron chi connectivity index (χ4n) is 2.72. The highest BCUT2D eigenvalue weighted by Gasteiger charge is 2.29. The standard InChI is InChI=1S/C15H24N4OS/c1-15(2)6-3-8-19(9-7-15)13(20)11-12(16)18-14(21-11)17-10-4-5-10/h10H,3-9,16H2,1-2H3,(H,17,18). The minimum absolute atomic E-state index is 0.0477. The zero-order chi connectivity index (χ0) is 15.0. The van der Waals surface area contributed by atoms with Gasteiger partial charge in [0.25, 0.3) is 5.91 Å². The van der Waals surface area contributed by atoms with E-state index in [0.29, 0.717) is 22.2 Å². The first-order valence-electron chi connectivity index (χ1n) is 7.77. The van der Waals surface area contributed by atoms with Gasteiger partial charge in [0.1, 0.15) is 10.7 Å². The number of carbonyl (C=O) groups is 1. The lowest BCUT2D eigenvalue weighted by molar-refractivity contribution is 0.0763. The van der Waals surface area contributed by atoms with Crippen molar-refractivity contribution < 1.29 is 4.79 Å². The van der Waals surface area contributed by atoms with Gasteiger partial charge >= 0.3 is 0 Å². The molecule has 0 spiro atoms. The van der Waals surface area contributed by atoms with Crippen LogP contribution in [0.1, 0.15) is 55.6 Å². The third-order valence-electron chi connectivity index (χ3n) is 4.38. The van der Waals surface area contributed by atoms with Gasteiger partial charge in [-0.05, 0) is 37.5 Å². The molecule has 2 aliphatic rings. The van der Waals surface area contributed by atoms with E-state index in [9.17, 15) is 4.79 Å². The van der Waals surface area contributed by atoms with Gasteiger partial charge < -0.3 is 16.0 Å². The van der Waals surface area contributed by atoms with E-state index in [1.54, 1.807) is 0 Å². The summed E-state index contributed by atoms with van der Waals surface area (Å²) in [6.45, 7) is 6.19. The van der Waals surface area contributed by atoms with Crippen LogP contribution in [0.5, 0.6) is 0 Å². The Labute approximate surface area is 129 Å². The van der Waals surface area contributed by atoms with Gasteiger partial charge in [0, 0.05) is 19.1 Å². The van der Waals surface area contributed by atoms with Crippen LogP contribution >= 0.6 is 11.3 Å². The fourth-order valence-corrected chi connectivity index (χ4v) is 3.65. The highest BCUT2D eigenvalue weighted by molar-refractivity contribution is 7.18. The molecule has 1 aromatic heterocycles. The molecule has 3 rings (SSSR count). The van der Waals surface area contributed by atoms with Crippen LogP contribution in [0.15, 0.2) is 0 Å². The predicted octanol–water partition coefficient (Wildman–Crippen LogP) is 2.95. The molecule has 21 heavy (non-hydrogen) atoms. The van der Waals surface area contributed by atoms with Crippen LogP contribution in [0, 0.1) is 5.41 Å². The van der Waals surface area contributed by atoms with Gasteiger partial charge in [0.05, 0.1) is 0 Å². The molecule has 1 saturated carbocycles. The maximum Gasteiger partial charge on any atom is 0.267 e. The third kappa shape index (κ3) is 3.48. The Kier molecular flexibility index (Phi) is 3.82. The number of aromatic nitrogens is 1. The summed E-state index contributed by atoms with van der Waals surface area (Å²) in [5.74, 6) is 0.420. The number of anilines is 2. The molecule has 0 radical (unpaired) electrons. The molecule has 6 heteroatoms. The molecule has 0 unspecified atom stereocenters. The zero-order valence-electron chi connectivity index (χ0n) is 12.8. The van der Waals surface area contributed by atoms with Gasteiger partial charge in [-0.15, -0.1) is 0 Å². The molecule has 1 amide bonds. The van der Waals surface area contributed by atoms with Crippen molar-refractivity contribution in [3.05, 3.63) is 4.88 Å². The maximum atomic E-state index is 12.7. The Balaban J connectivity index is 1.70. The van der Waals surface area contributed by atoms with Crippen molar-refractivity contribution in [3.8, 4) is 0 Å².